The van der Waals surface area contributed by atoms with Crippen LogP contribution < -0.4 is 5.32 Å². The van der Waals surface area contributed by atoms with E-state index < -0.39 is 0 Å². The molecule has 1 aromatic carbocycles. The van der Waals surface area contributed by atoms with Gasteiger partial charge in [-0.15, -0.1) is 0 Å². The number of fused-ring (bicyclic) bond motifs is 1. The average molecular weight is 331 g/mol. The van der Waals surface area contributed by atoms with Gasteiger partial charge >= 0.3 is 0 Å². The van der Waals surface area contributed by atoms with Gasteiger partial charge in [0.05, 0.1) is 6.54 Å². The van der Waals surface area contributed by atoms with Crippen molar-refractivity contribution in [2.75, 3.05) is 31.6 Å². The molecule has 23 heavy (non-hydrogen) atoms. The molecule has 1 aromatic heterocycles. The van der Waals surface area contributed by atoms with Crippen LogP contribution in [0.1, 0.15) is 16.9 Å². The molecule has 6 heteroatoms. The van der Waals surface area contributed by atoms with Gasteiger partial charge in [0.25, 0.3) is 5.91 Å². The molecule has 0 spiro atoms. The Balaban J connectivity index is 1.53. The number of aromatic amines is 1. The second-order valence-electron chi connectivity index (χ2n) is 5.90. The lowest BCUT2D eigenvalue weighted by Gasteiger charge is -2.16. The number of likely N-dealkylation sites (tertiary alicyclic amines) is 1. The van der Waals surface area contributed by atoms with E-state index >= 15 is 0 Å². The van der Waals surface area contributed by atoms with Crippen LogP contribution in [0.25, 0.3) is 10.9 Å². The first-order valence-corrected chi connectivity index (χ1v) is 9.19. The van der Waals surface area contributed by atoms with Gasteiger partial charge < -0.3 is 15.2 Å². The number of hydrogen-bond donors (Lipinski definition) is 2. The van der Waals surface area contributed by atoms with Gasteiger partial charge in [0, 0.05) is 24.0 Å². The zero-order valence-electron chi connectivity index (χ0n) is 13.2. The Hall–Kier alpha value is -1.95. The van der Waals surface area contributed by atoms with E-state index in [2.05, 4.69) is 16.6 Å². The topological polar surface area (TPSA) is 65.2 Å². The molecule has 122 valence electrons. The molecule has 5 nitrogen and oxygen atoms in total. The maximum atomic E-state index is 12.2. The number of carbonyl (C=O) groups is 2. The Morgan fingerprint density at radius 1 is 1.39 bits per heavy atom. The summed E-state index contributed by atoms with van der Waals surface area (Å²) in [5.74, 6) is 1.43. The number of thioether (sulfide) groups is 1. The summed E-state index contributed by atoms with van der Waals surface area (Å²) in [6.45, 7) is 1.66. The predicted molar refractivity (Wildman–Crippen MR) is 93.7 cm³/mol. The fourth-order valence-electron chi connectivity index (χ4n) is 2.99. The van der Waals surface area contributed by atoms with Crippen molar-refractivity contribution in [3.05, 3.63) is 36.0 Å². The Labute approximate surface area is 139 Å². The maximum absolute atomic E-state index is 12.2. The molecular weight excluding hydrogens is 310 g/mol. The van der Waals surface area contributed by atoms with E-state index in [1.165, 1.54) is 0 Å². The molecule has 3 rings (SSSR count). The van der Waals surface area contributed by atoms with Gasteiger partial charge in [0.2, 0.25) is 5.91 Å². The van der Waals surface area contributed by atoms with Crippen molar-refractivity contribution >= 4 is 34.5 Å². The summed E-state index contributed by atoms with van der Waals surface area (Å²) in [6.07, 6.45) is 3.15. The molecule has 2 N–H and O–H groups in total. The highest BCUT2D eigenvalue weighted by Crippen LogP contribution is 2.19. The highest BCUT2D eigenvalue weighted by Gasteiger charge is 2.25. The van der Waals surface area contributed by atoms with Crippen LogP contribution in [0.2, 0.25) is 0 Å². The van der Waals surface area contributed by atoms with Crippen LogP contribution >= 0.6 is 11.8 Å². The minimum Gasteiger partial charge on any atom is -0.351 e. The summed E-state index contributed by atoms with van der Waals surface area (Å²) in [4.78, 5) is 29.3. The standard InChI is InChI=1S/C17H21N3O2S/c1-23-11-12-6-7-20(10-12)16(21)9-18-17(22)15-8-13-4-2-3-5-14(13)19-15/h2-5,8,12,19H,6-7,9-11H2,1H3,(H,18,22)/t12-/m0/s1. The number of aromatic nitrogens is 1. The van der Waals surface area contributed by atoms with Gasteiger partial charge in [-0.2, -0.15) is 11.8 Å². The monoisotopic (exact) mass is 331 g/mol. The molecule has 0 radical (unpaired) electrons. The van der Waals surface area contributed by atoms with Crippen LogP contribution in [-0.2, 0) is 4.79 Å². The van der Waals surface area contributed by atoms with E-state index in [1.54, 1.807) is 6.07 Å². The first-order chi connectivity index (χ1) is 11.2. The van der Waals surface area contributed by atoms with E-state index in [0.717, 1.165) is 36.2 Å². The predicted octanol–water partition coefficient (Wildman–Crippen LogP) is 2.11. The SMILES string of the molecule is CSC[C@H]1CCN(C(=O)CNC(=O)c2cc3ccccc3[nH]2)C1. The molecule has 0 saturated carbocycles. The fourth-order valence-corrected chi connectivity index (χ4v) is 3.73. The summed E-state index contributed by atoms with van der Waals surface area (Å²) in [5.41, 5.74) is 1.41. The number of amides is 2. The maximum Gasteiger partial charge on any atom is 0.268 e. The van der Waals surface area contributed by atoms with E-state index in [-0.39, 0.29) is 18.4 Å². The molecule has 0 aliphatic carbocycles. The van der Waals surface area contributed by atoms with Crippen molar-refractivity contribution < 1.29 is 9.59 Å². The van der Waals surface area contributed by atoms with Crippen molar-refractivity contribution in [1.82, 2.24) is 15.2 Å². The van der Waals surface area contributed by atoms with Gasteiger partial charge in [-0.25, -0.2) is 0 Å². The highest BCUT2D eigenvalue weighted by molar-refractivity contribution is 7.98. The van der Waals surface area contributed by atoms with Crippen LogP contribution in [-0.4, -0.2) is 53.3 Å². The number of para-hydroxylation sites is 1. The van der Waals surface area contributed by atoms with Crippen molar-refractivity contribution in [3.63, 3.8) is 0 Å². The van der Waals surface area contributed by atoms with Gasteiger partial charge in [-0.05, 0) is 36.5 Å². The number of benzene rings is 1. The Morgan fingerprint density at radius 2 is 2.22 bits per heavy atom. The van der Waals surface area contributed by atoms with Crippen molar-refractivity contribution in [2.45, 2.75) is 6.42 Å². The zero-order valence-corrected chi connectivity index (χ0v) is 14.0. The Morgan fingerprint density at radius 3 is 3.00 bits per heavy atom. The molecule has 0 bridgehead atoms. The lowest BCUT2D eigenvalue weighted by molar-refractivity contribution is -0.129. The normalized spacial score (nSPS) is 17.6. The summed E-state index contributed by atoms with van der Waals surface area (Å²) in [7, 11) is 0. The third kappa shape index (κ3) is 3.69. The Kier molecular flexibility index (Phi) is 4.91. The zero-order chi connectivity index (χ0) is 16.2. The number of nitrogens with zero attached hydrogens (tertiary/aromatic N) is 1. The van der Waals surface area contributed by atoms with Crippen LogP contribution in [0.5, 0.6) is 0 Å². The second-order valence-corrected chi connectivity index (χ2v) is 6.81. The first-order valence-electron chi connectivity index (χ1n) is 7.80. The van der Waals surface area contributed by atoms with Crippen LogP contribution in [0.3, 0.4) is 0 Å². The smallest absolute Gasteiger partial charge is 0.268 e. The molecule has 1 saturated heterocycles. The van der Waals surface area contributed by atoms with Crippen molar-refractivity contribution in [1.29, 1.82) is 0 Å². The summed E-state index contributed by atoms with van der Waals surface area (Å²) in [5, 5.41) is 3.71. The molecule has 1 fully saturated rings. The molecular formula is C17H21N3O2S. The molecule has 2 heterocycles. The quantitative estimate of drug-likeness (QED) is 0.882. The van der Waals surface area contributed by atoms with Crippen LogP contribution in [0, 0.1) is 5.92 Å². The lowest BCUT2D eigenvalue weighted by Crippen LogP contribution is -2.39. The number of rotatable bonds is 5. The van der Waals surface area contributed by atoms with Gasteiger partial charge in [-0.3, -0.25) is 9.59 Å². The number of carbonyl (C=O) groups excluding carboxylic acids is 2. The number of hydrogen-bond acceptors (Lipinski definition) is 3. The number of H-pyrrole nitrogens is 1. The first kappa shape index (κ1) is 15.9. The van der Waals surface area contributed by atoms with E-state index in [1.807, 2.05) is 40.9 Å². The Bertz CT molecular complexity index is 680. The molecule has 1 atom stereocenters. The largest absolute Gasteiger partial charge is 0.351 e. The van der Waals surface area contributed by atoms with Crippen LogP contribution in [0.15, 0.2) is 30.3 Å². The third-order valence-electron chi connectivity index (χ3n) is 4.22. The second kappa shape index (κ2) is 7.08. The van der Waals surface area contributed by atoms with Crippen molar-refractivity contribution in [3.8, 4) is 0 Å². The fraction of sp³-hybridized carbons (Fsp3) is 0.412. The van der Waals surface area contributed by atoms with E-state index in [9.17, 15) is 9.59 Å². The van der Waals surface area contributed by atoms with Gasteiger partial charge in [0.15, 0.2) is 0 Å². The molecule has 2 aromatic rings. The number of nitrogens with one attached hydrogen (secondary N) is 2. The summed E-state index contributed by atoms with van der Waals surface area (Å²) < 4.78 is 0. The van der Waals surface area contributed by atoms with Crippen molar-refractivity contribution in [2.24, 2.45) is 5.92 Å². The molecule has 0 unspecified atom stereocenters. The summed E-state index contributed by atoms with van der Waals surface area (Å²) >= 11 is 1.82. The highest BCUT2D eigenvalue weighted by atomic mass is 32.2. The average Bonchev–Trinajstić information content (AvgIpc) is 3.19. The van der Waals surface area contributed by atoms with Crippen LogP contribution in [0.4, 0.5) is 0 Å². The van der Waals surface area contributed by atoms with Gasteiger partial charge in [0.1, 0.15) is 5.69 Å². The van der Waals surface area contributed by atoms with E-state index in [0.29, 0.717) is 11.6 Å². The lowest BCUT2D eigenvalue weighted by atomic mass is 10.2. The summed E-state index contributed by atoms with van der Waals surface area (Å²) in [6, 6.07) is 9.53. The minimum atomic E-state index is -0.241. The minimum absolute atomic E-state index is 0.00179. The van der Waals surface area contributed by atoms with Gasteiger partial charge in [-0.1, -0.05) is 18.2 Å². The molecule has 1 aliphatic rings. The molecule has 1 aliphatic heterocycles. The van der Waals surface area contributed by atoms with E-state index in [4.69, 9.17) is 0 Å². The third-order valence-corrected chi connectivity index (χ3v) is 5.02. The molecule has 2 amide bonds.